The summed E-state index contributed by atoms with van der Waals surface area (Å²) in [4.78, 5) is 12.5. The average molecular weight is 378 g/mol. The van der Waals surface area contributed by atoms with Gasteiger partial charge >= 0.3 is 6.03 Å². The Morgan fingerprint density at radius 2 is 1.65 bits per heavy atom. The molecular formula is C19H27N3O3S. The van der Waals surface area contributed by atoms with Gasteiger partial charge in [-0.3, -0.25) is 4.72 Å². The van der Waals surface area contributed by atoms with Crippen molar-refractivity contribution in [1.82, 2.24) is 10.6 Å². The van der Waals surface area contributed by atoms with Crippen LogP contribution in [0.4, 0.5) is 10.5 Å². The van der Waals surface area contributed by atoms with Crippen LogP contribution >= 0.6 is 0 Å². The van der Waals surface area contributed by atoms with E-state index in [1.807, 2.05) is 12.1 Å². The Hall–Kier alpha value is -1.76. The van der Waals surface area contributed by atoms with Crippen LogP contribution in [0.25, 0.3) is 0 Å². The molecule has 2 amide bonds. The summed E-state index contributed by atoms with van der Waals surface area (Å²) in [6, 6.07) is 6.97. The predicted molar refractivity (Wildman–Crippen MR) is 101 cm³/mol. The van der Waals surface area contributed by atoms with Crippen LogP contribution in [0, 0.1) is 17.8 Å². The normalized spacial score (nSPS) is 32.3. The molecule has 0 spiro atoms. The zero-order chi connectivity index (χ0) is 18.4. The molecule has 26 heavy (non-hydrogen) atoms. The second-order valence-electron chi connectivity index (χ2n) is 8.54. The van der Waals surface area contributed by atoms with Crippen molar-refractivity contribution in [3.63, 3.8) is 0 Å². The number of carbonyl (C=O) groups excluding carboxylic acids is 1. The highest BCUT2D eigenvalue weighted by Crippen LogP contribution is 2.55. The van der Waals surface area contributed by atoms with E-state index in [-0.39, 0.29) is 18.1 Å². The number of amides is 2. The summed E-state index contributed by atoms with van der Waals surface area (Å²) >= 11 is 0. The molecule has 0 aromatic heterocycles. The Balaban J connectivity index is 1.38. The summed E-state index contributed by atoms with van der Waals surface area (Å²) in [5.74, 6) is 2.34. The largest absolute Gasteiger partial charge is 0.334 e. The van der Waals surface area contributed by atoms with Crippen LogP contribution < -0.4 is 15.4 Å². The number of benzene rings is 1. The third kappa shape index (κ3) is 3.82. The average Bonchev–Trinajstić information content (AvgIpc) is 2.50. The topological polar surface area (TPSA) is 87.3 Å². The summed E-state index contributed by atoms with van der Waals surface area (Å²) < 4.78 is 25.5. The first-order chi connectivity index (χ1) is 12.3. The van der Waals surface area contributed by atoms with Gasteiger partial charge in [-0.05, 0) is 67.9 Å². The Morgan fingerprint density at radius 1 is 1.08 bits per heavy atom. The second-order valence-corrected chi connectivity index (χ2v) is 10.3. The number of hydrogen-bond acceptors (Lipinski definition) is 3. The minimum absolute atomic E-state index is 0.0244. The third-order valence-corrected chi connectivity index (χ3v) is 6.76. The Kier molecular flexibility index (Phi) is 4.37. The van der Waals surface area contributed by atoms with Gasteiger partial charge in [-0.25, -0.2) is 13.2 Å². The lowest BCUT2D eigenvalue weighted by atomic mass is 9.53. The lowest BCUT2D eigenvalue weighted by Gasteiger charge is -2.56. The molecule has 1 aromatic carbocycles. The van der Waals surface area contributed by atoms with Crippen LogP contribution in [0.5, 0.6) is 0 Å². The maximum atomic E-state index is 12.5. The number of rotatable bonds is 5. The zero-order valence-corrected chi connectivity index (χ0v) is 15.9. The quantitative estimate of drug-likeness (QED) is 0.737. The lowest BCUT2D eigenvalue weighted by Crippen LogP contribution is -2.61. The molecule has 0 aliphatic heterocycles. The summed E-state index contributed by atoms with van der Waals surface area (Å²) in [5, 5.41) is 6.19. The highest BCUT2D eigenvalue weighted by molar-refractivity contribution is 7.92. The number of nitrogens with one attached hydrogen (secondary N) is 3. The van der Waals surface area contributed by atoms with E-state index in [0.29, 0.717) is 5.69 Å². The first-order valence-corrected chi connectivity index (χ1v) is 11.3. The minimum Gasteiger partial charge on any atom is -0.334 e. The molecule has 0 heterocycles. The van der Waals surface area contributed by atoms with Crippen molar-refractivity contribution in [3.05, 3.63) is 29.8 Å². The number of anilines is 1. The van der Waals surface area contributed by atoms with Crippen LogP contribution in [-0.2, 0) is 16.6 Å². The van der Waals surface area contributed by atoms with Gasteiger partial charge < -0.3 is 10.6 Å². The first-order valence-electron chi connectivity index (χ1n) is 9.42. The van der Waals surface area contributed by atoms with Gasteiger partial charge in [0.05, 0.1) is 11.9 Å². The smallest absolute Gasteiger partial charge is 0.315 e. The molecule has 1 aromatic rings. The molecule has 0 radical (unpaired) electrons. The van der Waals surface area contributed by atoms with Crippen LogP contribution in [0.3, 0.4) is 0 Å². The Bertz CT molecular complexity index is 771. The van der Waals surface area contributed by atoms with Crippen molar-refractivity contribution in [1.29, 1.82) is 0 Å². The Labute approximate surface area is 155 Å². The van der Waals surface area contributed by atoms with Crippen LogP contribution in [0.1, 0.15) is 44.1 Å². The second kappa shape index (κ2) is 6.44. The van der Waals surface area contributed by atoms with E-state index in [9.17, 15) is 13.2 Å². The maximum absolute atomic E-state index is 12.5. The number of carbonyl (C=O) groups is 1. The summed E-state index contributed by atoms with van der Waals surface area (Å²) in [5.41, 5.74) is 1.23. The number of para-hydroxylation sites is 1. The van der Waals surface area contributed by atoms with Gasteiger partial charge in [-0.15, -0.1) is 0 Å². The number of hydrogen-bond donors (Lipinski definition) is 3. The molecule has 7 heteroatoms. The summed E-state index contributed by atoms with van der Waals surface area (Å²) in [6.45, 7) is 0.289. The lowest BCUT2D eigenvalue weighted by molar-refractivity contribution is -0.0135. The van der Waals surface area contributed by atoms with Gasteiger partial charge in [-0.2, -0.15) is 0 Å². The number of sulfonamides is 1. The van der Waals surface area contributed by atoms with Crippen molar-refractivity contribution in [2.75, 3.05) is 11.0 Å². The van der Waals surface area contributed by atoms with Crippen molar-refractivity contribution in [2.45, 2.75) is 50.6 Å². The van der Waals surface area contributed by atoms with Crippen LogP contribution in [-0.4, -0.2) is 26.2 Å². The van der Waals surface area contributed by atoms with E-state index in [4.69, 9.17) is 0 Å². The van der Waals surface area contributed by atoms with Crippen molar-refractivity contribution >= 4 is 21.7 Å². The highest BCUT2D eigenvalue weighted by Gasteiger charge is 2.51. The van der Waals surface area contributed by atoms with Gasteiger partial charge in [0.25, 0.3) is 0 Å². The van der Waals surface area contributed by atoms with Crippen molar-refractivity contribution < 1.29 is 13.2 Å². The highest BCUT2D eigenvalue weighted by atomic mass is 32.2. The fraction of sp³-hybridized carbons (Fsp3) is 0.632. The van der Waals surface area contributed by atoms with Crippen LogP contribution in [0.15, 0.2) is 24.3 Å². The standard InChI is InChI=1S/C19H27N3O3S/c1-26(24,25)22-17-5-3-2-4-16(17)12-20-18(23)21-19-9-13-6-14(10-19)8-15(7-13)11-19/h2-5,13-15,22H,6-12H2,1H3,(H2,20,21,23). The molecule has 142 valence electrons. The van der Waals surface area contributed by atoms with Gasteiger partial charge in [0.1, 0.15) is 0 Å². The SMILES string of the molecule is CS(=O)(=O)Nc1ccccc1CNC(=O)NC12CC3CC(CC(C3)C1)C2. The minimum atomic E-state index is -3.35. The van der Waals surface area contributed by atoms with Crippen molar-refractivity contribution in [2.24, 2.45) is 17.8 Å². The van der Waals surface area contributed by atoms with Gasteiger partial charge in [0.2, 0.25) is 10.0 Å². The van der Waals surface area contributed by atoms with Gasteiger partial charge in [0, 0.05) is 12.1 Å². The van der Waals surface area contributed by atoms with Gasteiger partial charge in [-0.1, -0.05) is 18.2 Å². The molecule has 6 nitrogen and oxygen atoms in total. The van der Waals surface area contributed by atoms with Crippen LogP contribution in [0.2, 0.25) is 0 Å². The molecule has 0 saturated heterocycles. The van der Waals surface area contributed by atoms with E-state index >= 15 is 0 Å². The van der Waals surface area contributed by atoms with E-state index in [1.165, 1.54) is 19.3 Å². The van der Waals surface area contributed by atoms with E-state index in [2.05, 4.69) is 15.4 Å². The van der Waals surface area contributed by atoms with E-state index < -0.39 is 10.0 Å². The molecular weight excluding hydrogens is 350 g/mol. The van der Waals surface area contributed by atoms with Gasteiger partial charge in [0.15, 0.2) is 0 Å². The maximum Gasteiger partial charge on any atom is 0.315 e. The van der Waals surface area contributed by atoms with E-state index in [0.717, 1.165) is 48.8 Å². The molecule has 5 rings (SSSR count). The molecule has 4 fully saturated rings. The molecule has 3 N–H and O–H groups in total. The summed E-state index contributed by atoms with van der Waals surface area (Å²) in [7, 11) is -3.35. The van der Waals surface area contributed by atoms with Crippen molar-refractivity contribution in [3.8, 4) is 0 Å². The van der Waals surface area contributed by atoms with E-state index in [1.54, 1.807) is 12.1 Å². The molecule has 4 saturated carbocycles. The third-order valence-electron chi connectivity index (χ3n) is 6.17. The molecule has 4 aliphatic carbocycles. The Morgan fingerprint density at radius 3 is 2.23 bits per heavy atom. The molecule has 4 bridgehead atoms. The fourth-order valence-electron chi connectivity index (χ4n) is 5.70. The zero-order valence-electron chi connectivity index (χ0n) is 15.1. The molecule has 0 unspecified atom stereocenters. The molecule has 4 aliphatic rings. The predicted octanol–water partition coefficient (Wildman–Crippen LogP) is 2.83. The number of urea groups is 1. The summed E-state index contributed by atoms with van der Waals surface area (Å²) in [6.07, 6.45) is 8.47. The molecule has 0 atom stereocenters. The first kappa shape index (κ1) is 17.6. The monoisotopic (exact) mass is 377 g/mol. The fourth-order valence-corrected chi connectivity index (χ4v) is 6.30.